The van der Waals surface area contributed by atoms with Crippen LogP contribution in [-0.4, -0.2) is 53.7 Å². The summed E-state index contributed by atoms with van der Waals surface area (Å²) < 4.78 is 5.50. The van der Waals surface area contributed by atoms with Crippen LogP contribution in [0.1, 0.15) is 32.8 Å². The summed E-state index contributed by atoms with van der Waals surface area (Å²) in [5.74, 6) is -0.221. The van der Waals surface area contributed by atoms with Crippen molar-refractivity contribution in [3.05, 3.63) is 72.1 Å². The fourth-order valence-corrected chi connectivity index (χ4v) is 4.06. The van der Waals surface area contributed by atoms with Crippen LogP contribution in [0.15, 0.2) is 66.5 Å². The van der Waals surface area contributed by atoms with Gasteiger partial charge in [-0.3, -0.25) is 15.2 Å². The molecule has 0 bridgehead atoms. The largest absolute Gasteiger partial charge is 0.444 e. The van der Waals surface area contributed by atoms with Crippen LogP contribution in [0.4, 0.5) is 16.2 Å². The average molecular weight is 479 g/mol. The van der Waals surface area contributed by atoms with E-state index in [2.05, 4.69) is 21.2 Å². The first-order chi connectivity index (χ1) is 16.7. The van der Waals surface area contributed by atoms with Gasteiger partial charge in [-0.2, -0.15) is 0 Å². The van der Waals surface area contributed by atoms with E-state index in [4.69, 9.17) is 4.74 Å². The first-order valence-electron chi connectivity index (χ1n) is 11.8. The number of nitrogens with zero attached hydrogens (tertiary/aromatic N) is 3. The van der Waals surface area contributed by atoms with Crippen molar-refractivity contribution in [1.82, 2.24) is 20.9 Å². The molecule has 1 saturated heterocycles. The number of carbonyl (C=O) groups excluding carboxylic acids is 2. The Morgan fingerprint density at radius 1 is 1.11 bits per heavy atom. The van der Waals surface area contributed by atoms with Gasteiger partial charge in [0.25, 0.3) is 5.91 Å². The molecule has 1 unspecified atom stereocenters. The molecular weight excluding hydrogens is 444 g/mol. The fraction of sp³-hybridized carbons (Fsp3) is 0.385. The summed E-state index contributed by atoms with van der Waals surface area (Å²) >= 11 is 0. The Balaban J connectivity index is 1.29. The van der Waals surface area contributed by atoms with Crippen LogP contribution in [0.25, 0.3) is 0 Å². The van der Waals surface area contributed by atoms with Gasteiger partial charge >= 0.3 is 6.09 Å². The lowest BCUT2D eigenvalue weighted by molar-refractivity contribution is -0.113. The highest BCUT2D eigenvalue weighted by Gasteiger charge is 2.31. The maximum absolute atomic E-state index is 12.7. The third-order valence-corrected chi connectivity index (χ3v) is 5.94. The van der Waals surface area contributed by atoms with Gasteiger partial charge in [0, 0.05) is 37.7 Å². The topological polar surface area (TPSA) is 89.2 Å². The number of nitrogens with one attached hydrogen (secondary N) is 3. The van der Waals surface area contributed by atoms with E-state index in [0.29, 0.717) is 17.9 Å². The molecule has 2 aliphatic rings. The number of amides is 2. The summed E-state index contributed by atoms with van der Waals surface area (Å²) in [5.41, 5.74) is 8.74. The molecule has 2 aliphatic heterocycles. The summed E-state index contributed by atoms with van der Waals surface area (Å²) in [6, 6.07) is 17.9. The van der Waals surface area contributed by atoms with Gasteiger partial charge in [0.15, 0.2) is 0 Å². The molecule has 186 valence electrons. The van der Waals surface area contributed by atoms with Crippen LogP contribution in [-0.2, 0) is 16.1 Å². The smallest absolute Gasteiger partial charge is 0.410 e. The molecule has 0 spiro atoms. The van der Waals surface area contributed by atoms with Crippen molar-refractivity contribution in [2.24, 2.45) is 0 Å². The van der Waals surface area contributed by atoms with E-state index < -0.39 is 5.60 Å². The van der Waals surface area contributed by atoms with E-state index in [1.165, 1.54) is 0 Å². The van der Waals surface area contributed by atoms with Gasteiger partial charge in [0.1, 0.15) is 11.3 Å². The molecule has 3 N–H and O–H groups in total. The SMILES string of the molecule is CN(C(=O)OC(C)(C)C)C1CCN(c2ccc(NC(=O)C3=CN(Cc4ccccc4)NN3)cc2)C1. The van der Waals surface area contributed by atoms with Crippen molar-refractivity contribution < 1.29 is 14.3 Å². The zero-order valence-corrected chi connectivity index (χ0v) is 20.7. The molecular formula is C26H34N6O3. The Bertz CT molecular complexity index is 1060. The van der Waals surface area contributed by atoms with E-state index in [1.807, 2.05) is 80.4 Å². The van der Waals surface area contributed by atoms with Crippen molar-refractivity contribution in [3.63, 3.8) is 0 Å². The lowest BCUT2D eigenvalue weighted by Gasteiger charge is -2.28. The molecule has 0 saturated carbocycles. The summed E-state index contributed by atoms with van der Waals surface area (Å²) in [7, 11) is 1.79. The van der Waals surface area contributed by atoms with Crippen LogP contribution in [0.2, 0.25) is 0 Å². The van der Waals surface area contributed by atoms with Gasteiger partial charge in [-0.1, -0.05) is 30.3 Å². The fourth-order valence-electron chi connectivity index (χ4n) is 4.06. The lowest BCUT2D eigenvalue weighted by Crippen LogP contribution is -2.42. The van der Waals surface area contributed by atoms with Gasteiger partial charge in [0.2, 0.25) is 0 Å². The summed E-state index contributed by atoms with van der Waals surface area (Å²) in [6.07, 6.45) is 2.33. The Hall–Kier alpha value is -3.72. The molecule has 0 radical (unpaired) electrons. The van der Waals surface area contributed by atoms with Gasteiger partial charge in [0.05, 0.1) is 12.6 Å². The molecule has 2 aromatic rings. The number of likely N-dealkylation sites (N-methyl/N-ethyl adjacent to an activating group) is 1. The van der Waals surface area contributed by atoms with Crippen molar-refractivity contribution in [2.75, 3.05) is 30.4 Å². The van der Waals surface area contributed by atoms with E-state index in [0.717, 1.165) is 30.8 Å². The molecule has 4 rings (SSSR count). The summed E-state index contributed by atoms with van der Waals surface area (Å²) in [5, 5.41) is 4.75. The van der Waals surface area contributed by atoms with E-state index in [1.54, 1.807) is 18.1 Å². The van der Waals surface area contributed by atoms with Gasteiger partial charge in [-0.25, -0.2) is 4.79 Å². The van der Waals surface area contributed by atoms with Gasteiger partial charge in [-0.05, 0) is 57.0 Å². The third kappa shape index (κ3) is 6.45. The Morgan fingerprint density at radius 2 is 1.83 bits per heavy atom. The number of anilines is 2. The minimum Gasteiger partial charge on any atom is -0.444 e. The molecule has 9 heteroatoms. The normalized spacial score (nSPS) is 17.6. The molecule has 1 atom stereocenters. The molecule has 9 nitrogen and oxygen atoms in total. The second-order valence-electron chi connectivity index (χ2n) is 9.87. The second-order valence-corrected chi connectivity index (χ2v) is 9.87. The predicted molar refractivity (Wildman–Crippen MR) is 136 cm³/mol. The number of benzene rings is 2. The maximum Gasteiger partial charge on any atom is 0.410 e. The third-order valence-electron chi connectivity index (χ3n) is 5.94. The zero-order chi connectivity index (χ0) is 25.0. The van der Waals surface area contributed by atoms with Crippen LogP contribution >= 0.6 is 0 Å². The highest BCUT2D eigenvalue weighted by Crippen LogP contribution is 2.25. The number of rotatable bonds is 6. The van der Waals surface area contributed by atoms with Crippen molar-refractivity contribution in [1.29, 1.82) is 0 Å². The Kier molecular flexibility index (Phi) is 7.16. The molecule has 2 heterocycles. The van der Waals surface area contributed by atoms with E-state index in [-0.39, 0.29) is 18.0 Å². The van der Waals surface area contributed by atoms with Crippen LogP contribution in [0, 0.1) is 0 Å². The number of ether oxygens (including phenoxy) is 1. The summed E-state index contributed by atoms with van der Waals surface area (Å²) in [4.78, 5) is 29.0. The van der Waals surface area contributed by atoms with Crippen LogP contribution < -0.4 is 21.2 Å². The van der Waals surface area contributed by atoms with E-state index >= 15 is 0 Å². The van der Waals surface area contributed by atoms with Crippen LogP contribution in [0.5, 0.6) is 0 Å². The molecule has 0 aliphatic carbocycles. The molecule has 2 amide bonds. The Morgan fingerprint density at radius 3 is 2.51 bits per heavy atom. The lowest BCUT2D eigenvalue weighted by atomic mass is 10.2. The maximum atomic E-state index is 12.7. The predicted octanol–water partition coefficient (Wildman–Crippen LogP) is 3.44. The van der Waals surface area contributed by atoms with Crippen LogP contribution in [0.3, 0.4) is 0 Å². The highest BCUT2D eigenvalue weighted by atomic mass is 16.6. The molecule has 0 aromatic heterocycles. The van der Waals surface area contributed by atoms with Gasteiger partial charge in [-0.15, -0.1) is 5.53 Å². The van der Waals surface area contributed by atoms with Crippen molar-refractivity contribution >= 4 is 23.4 Å². The first-order valence-corrected chi connectivity index (χ1v) is 11.8. The standard InChI is InChI=1S/C26H34N6O3/c1-26(2,3)35-25(34)30(4)22-14-15-31(17-22)21-12-10-20(11-13-21)27-24(33)23-18-32(29-28-23)16-19-8-6-5-7-9-19/h5-13,18,22,28-29H,14-17H2,1-4H3,(H,27,33). The first kappa shape index (κ1) is 24.4. The molecule has 2 aromatic carbocycles. The number of hydrogen-bond acceptors (Lipinski definition) is 7. The minimum absolute atomic E-state index is 0.0935. The minimum atomic E-state index is -0.510. The Labute approximate surface area is 206 Å². The zero-order valence-electron chi connectivity index (χ0n) is 20.7. The summed E-state index contributed by atoms with van der Waals surface area (Å²) in [6.45, 7) is 7.84. The van der Waals surface area contributed by atoms with Crippen molar-refractivity contribution in [3.8, 4) is 0 Å². The quantitative estimate of drug-likeness (QED) is 0.586. The number of hydrazine groups is 2. The molecule has 1 fully saturated rings. The average Bonchev–Trinajstić information content (AvgIpc) is 3.49. The second kappa shape index (κ2) is 10.3. The number of hydrogen-bond donors (Lipinski definition) is 3. The monoisotopic (exact) mass is 478 g/mol. The van der Waals surface area contributed by atoms with Crippen molar-refractivity contribution in [2.45, 2.75) is 45.4 Å². The van der Waals surface area contributed by atoms with E-state index in [9.17, 15) is 9.59 Å². The number of carbonyl (C=O) groups is 2. The highest BCUT2D eigenvalue weighted by molar-refractivity contribution is 6.03. The van der Waals surface area contributed by atoms with Gasteiger partial charge < -0.3 is 19.9 Å². The molecule has 35 heavy (non-hydrogen) atoms.